The van der Waals surface area contributed by atoms with Gasteiger partial charge in [-0.1, -0.05) is 35.8 Å². The predicted octanol–water partition coefficient (Wildman–Crippen LogP) is 3.24. The Morgan fingerprint density at radius 3 is 2.53 bits per heavy atom. The molecular weight excluding hydrogens is 285 g/mol. The lowest BCUT2D eigenvalue weighted by Gasteiger charge is -2.23. The molecular formula is C13H19BrFNO. The maximum atomic E-state index is 13.7. The van der Waals surface area contributed by atoms with Gasteiger partial charge in [0.05, 0.1) is 6.10 Å². The van der Waals surface area contributed by atoms with Crippen LogP contribution in [0.2, 0.25) is 0 Å². The van der Waals surface area contributed by atoms with Gasteiger partial charge in [0.25, 0.3) is 0 Å². The molecule has 0 saturated carbocycles. The fraction of sp³-hybridized carbons (Fsp3) is 0.538. The smallest absolute Gasteiger partial charge is 0.130 e. The minimum Gasteiger partial charge on any atom is -0.388 e. The highest BCUT2D eigenvalue weighted by atomic mass is 79.9. The third-order valence-corrected chi connectivity index (χ3v) is 3.30. The van der Waals surface area contributed by atoms with Crippen LogP contribution in [0.5, 0.6) is 0 Å². The van der Waals surface area contributed by atoms with Crippen LogP contribution in [0.4, 0.5) is 4.39 Å². The molecule has 0 aliphatic carbocycles. The van der Waals surface area contributed by atoms with Gasteiger partial charge >= 0.3 is 0 Å². The number of aliphatic hydroxyl groups excluding tert-OH is 1. The van der Waals surface area contributed by atoms with E-state index < -0.39 is 11.9 Å². The maximum Gasteiger partial charge on any atom is 0.130 e. The van der Waals surface area contributed by atoms with E-state index in [0.717, 1.165) is 6.42 Å². The van der Waals surface area contributed by atoms with Crippen molar-refractivity contribution in [1.82, 2.24) is 0 Å². The van der Waals surface area contributed by atoms with E-state index in [9.17, 15) is 9.50 Å². The molecule has 2 nitrogen and oxygen atoms in total. The first-order valence-electron chi connectivity index (χ1n) is 5.78. The highest BCUT2D eigenvalue weighted by molar-refractivity contribution is 9.10. The second kappa shape index (κ2) is 6.47. The van der Waals surface area contributed by atoms with Crippen molar-refractivity contribution < 1.29 is 9.50 Å². The van der Waals surface area contributed by atoms with Crippen LogP contribution in [0.3, 0.4) is 0 Å². The molecule has 96 valence electrons. The molecule has 17 heavy (non-hydrogen) atoms. The molecule has 1 aromatic carbocycles. The summed E-state index contributed by atoms with van der Waals surface area (Å²) in [6.07, 6.45) is -0.0526. The minimum atomic E-state index is -0.838. The van der Waals surface area contributed by atoms with E-state index >= 15 is 0 Å². The van der Waals surface area contributed by atoms with Crippen LogP contribution >= 0.6 is 15.9 Å². The van der Waals surface area contributed by atoms with Gasteiger partial charge in [0.2, 0.25) is 0 Å². The van der Waals surface area contributed by atoms with E-state index in [4.69, 9.17) is 5.73 Å². The summed E-state index contributed by atoms with van der Waals surface area (Å²) >= 11 is 3.19. The second-order valence-electron chi connectivity index (χ2n) is 4.74. The monoisotopic (exact) mass is 303 g/mol. The Morgan fingerprint density at radius 1 is 1.41 bits per heavy atom. The Kier molecular flexibility index (Phi) is 5.56. The molecule has 0 aliphatic rings. The average Bonchev–Trinajstić information content (AvgIpc) is 2.24. The Labute approximate surface area is 110 Å². The molecule has 0 aliphatic heterocycles. The Bertz CT molecular complexity index is 370. The first-order valence-corrected chi connectivity index (χ1v) is 6.58. The fourth-order valence-corrected chi connectivity index (χ4v) is 2.29. The lowest BCUT2D eigenvalue weighted by atomic mass is 9.88. The van der Waals surface area contributed by atoms with Crippen LogP contribution in [0.1, 0.15) is 31.9 Å². The summed E-state index contributed by atoms with van der Waals surface area (Å²) in [6.45, 7) is 4.48. The summed E-state index contributed by atoms with van der Waals surface area (Å²) in [4.78, 5) is 0. The molecule has 3 N–H and O–H groups in total. The number of hydrogen-bond acceptors (Lipinski definition) is 2. The van der Waals surface area contributed by atoms with Crippen molar-refractivity contribution >= 4 is 15.9 Å². The molecule has 0 heterocycles. The lowest BCUT2D eigenvalue weighted by molar-refractivity contribution is 0.0959. The summed E-state index contributed by atoms with van der Waals surface area (Å²) in [6, 6.07) is 4.69. The van der Waals surface area contributed by atoms with E-state index in [1.807, 2.05) is 0 Å². The molecule has 1 aromatic rings. The number of hydrogen-bond donors (Lipinski definition) is 2. The van der Waals surface area contributed by atoms with E-state index in [2.05, 4.69) is 29.8 Å². The second-order valence-corrected chi connectivity index (χ2v) is 5.65. The standard InChI is InChI=1S/C13H19BrFNO/c1-8(2)5-9(7-16)13(17)11-4-3-10(14)6-12(11)15/h3-4,6,8-9,13,17H,5,7,16H2,1-2H3. The van der Waals surface area contributed by atoms with Crippen molar-refractivity contribution in [3.05, 3.63) is 34.1 Å². The lowest BCUT2D eigenvalue weighted by Crippen LogP contribution is -2.24. The molecule has 0 amide bonds. The van der Waals surface area contributed by atoms with Crippen molar-refractivity contribution in [3.8, 4) is 0 Å². The molecule has 1 rings (SSSR count). The summed E-state index contributed by atoms with van der Waals surface area (Å²) < 4.78 is 14.4. The SMILES string of the molecule is CC(C)CC(CN)C(O)c1ccc(Br)cc1F. The number of aliphatic hydroxyl groups is 1. The summed E-state index contributed by atoms with van der Waals surface area (Å²) in [7, 11) is 0. The van der Waals surface area contributed by atoms with Gasteiger partial charge in [0.15, 0.2) is 0 Å². The van der Waals surface area contributed by atoms with Crippen LogP contribution < -0.4 is 5.73 Å². The van der Waals surface area contributed by atoms with Gasteiger partial charge in [0.1, 0.15) is 5.82 Å². The van der Waals surface area contributed by atoms with Gasteiger partial charge in [-0.3, -0.25) is 0 Å². The van der Waals surface area contributed by atoms with Crippen LogP contribution in [0.15, 0.2) is 22.7 Å². The number of halogens is 2. The molecule has 0 spiro atoms. The predicted molar refractivity (Wildman–Crippen MR) is 71.1 cm³/mol. The van der Waals surface area contributed by atoms with Crippen molar-refractivity contribution in [2.75, 3.05) is 6.54 Å². The van der Waals surface area contributed by atoms with Crippen molar-refractivity contribution in [1.29, 1.82) is 0 Å². The van der Waals surface area contributed by atoms with Crippen LogP contribution in [-0.4, -0.2) is 11.7 Å². The first kappa shape index (κ1) is 14.6. The minimum absolute atomic E-state index is 0.106. The molecule has 0 radical (unpaired) electrons. The molecule has 4 heteroatoms. The normalized spacial score (nSPS) is 15.0. The van der Waals surface area contributed by atoms with Gasteiger partial charge in [-0.25, -0.2) is 4.39 Å². The Morgan fingerprint density at radius 2 is 2.06 bits per heavy atom. The summed E-state index contributed by atoms with van der Waals surface area (Å²) in [5.41, 5.74) is 5.97. The first-order chi connectivity index (χ1) is 7.95. The zero-order valence-electron chi connectivity index (χ0n) is 10.2. The zero-order chi connectivity index (χ0) is 13.0. The van der Waals surface area contributed by atoms with Gasteiger partial charge in [-0.2, -0.15) is 0 Å². The fourth-order valence-electron chi connectivity index (χ4n) is 1.95. The Hall–Kier alpha value is -0.450. The topological polar surface area (TPSA) is 46.2 Å². The largest absolute Gasteiger partial charge is 0.388 e. The number of rotatable bonds is 5. The molecule has 0 aromatic heterocycles. The quantitative estimate of drug-likeness (QED) is 0.877. The van der Waals surface area contributed by atoms with Crippen molar-refractivity contribution in [2.24, 2.45) is 17.6 Å². The Balaban J connectivity index is 2.89. The van der Waals surface area contributed by atoms with E-state index in [-0.39, 0.29) is 5.92 Å². The summed E-state index contributed by atoms with van der Waals surface area (Å²) in [5.74, 6) is -0.0727. The third-order valence-electron chi connectivity index (χ3n) is 2.80. The van der Waals surface area contributed by atoms with Crippen LogP contribution in [0, 0.1) is 17.7 Å². The van der Waals surface area contributed by atoms with Crippen LogP contribution in [0.25, 0.3) is 0 Å². The van der Waals surface area contributed by atoms with Gasteiger partial charge < -0.3 is 10.8 Å². The summed E-state index contributed by atoms with van der Waals surface area (Å²) in [5, 5.41) is 10.2. The number of nitrogens with two attached hydrogens (primary N) is 1. The van der Waals surface area contributed by atoms with Crippen molar-refractivity contribution in [2.45, 2.75) is 26.4 Å². The molecule has 0 saturated heterocycles. The highest BCUT2D eigenvalue weighted by Gasteiger charge is 2.23. The van der Waals surface area contributed by atoms with Crippen LogP contribution in [-0.2, 0) is 0 Å². The average molecular weight is 304 g/mol. The van der Waals surface area contributed by atoms with Gasteiger partial charge in [-0.05, 0) is 31.0 Å². The molecule has 2 atom stereocenters. The molecule has 0 bridgehead atoms. The molecule has 0 fully saturated rings. The number of benzene rings is 1. The van der Waals surface area contributed by atoms with Gasteiger partial charge in [0, 0.05) is 16.0 Å². The van der Waals surface area contributed by atoms with Gasteiger partial charge in [-0.15, -0.1) is 0 Å². The van der Waals surface area contributed by atoms with E-state index in [1.165, 1.54) is 6.07 Å². The molecule has 2 unspecified atom stereocenters. The van der Waals surface area contributed by atoms with Crippen molar-refractivity contribution in [3.63, 3.8) is 0 Å². The zero-order valence-corrected chi connectivity index (χ0v) is 11.7. The van der Waals surface area contributed by atoms with E-state index in [1.54, 1.807) is 12.1 Å². The third kappa shape index (κ3) is 4.05. The highest BCUT2D eigenvalue weighted by Crippen LogP contribution is 2.29. The maximum absolute atomic E-state index is 13.7. The van der Waals surface area contributed by atoms with E-state index in [0.29, 0.717) is 22.5 Å².